The van der Waals surface area contributed by atoms with Gasteiger partial charge < -0.3 is 4.79 Å². The third-order valence-corrected chi connectivity index (χ3v) is 1.99. The molecule has 0 saturated heterocycles. The molecule has 1 rings (SSSR count). The van der Waals surface area contributed by atoms with Crippen LogP contribution in [-0.4, -0.2) is 16.8 Å². The van der Waals surface area contributed by atoms with E-state index < -0.39 is 10.5 Å². The van der Waals surface area contributed by atoms with Gasteiger partial charge >= 0.3 is 10.5 Å². The Labute approximate surface area is 103 Å². The van der Waals surface area contributed by atoms with Gasteiger partial charge in [0.05, 0.1) is 0 Å². The third kappa shape index (κ3) is 8.15. The summed E-state index contributed by atoms with van der Waals surface area (Å²) in [4.78, 5) is 28.8. The molecule has 0 aliphatic rings. The first-order chi connectivity index (χ1) is 7.57. The summed E-state index contributed by atoms with van der Waals surface area (Å²) in [5.41, 5.74) is 1.23. The van der Waals surface area contributed by atoms with Crippen LogP contribution in [0, 0.1) is 0 Å². The zero-order valence-corrected chi connectivity index (χ0v) is 9.87. The number of aldehydes is 1. The van der Waals surface area contributed by atoms with Crippen LogP contribution in [0.3, 0.4) is 0 Å². The Hall–Kier alpha value is -1.19. The highest BCUT2D eigenvalue weighted by atomic mass is 35.5. The monoisotopic (exact) mass is 260 g/mol. The zero-order chi connectivity index (χ0) is 12.4. The lowest BCUT2D eigenvalue weighted by molar-refractivity contribution is -0.127. The normalized spacial score (nSPS) is 8.62. The number of hydrogen-bond donors (Lipinski definition) is 0. The molecule has 0 saturated carbocycles. The minimum Gasteiger partial charge on any atom is -0.303 e. The van der Waals surface area contributed by atoms with Gasteiger partial charge in [-0.2, -0.15) is 0 Å². The Kier molecular flexibility index (Phi) is 8.39. The van der Waals surface area contributed by atoms with Crippen molar-refractivity contribution in [3.63, 3.8) is 0 Å². The molecule has 1 aromatic rings. The topological polar surface area (TPSA) is 51.2 Å². The van der Waals surface area contributed by atoms with E-state index in [0.717, 1.165) is 12.7 Å². The third-order valence-electron chi connectivity index (χ3n) is 1.55. The van der Waals surface area contributed by atoms with E-state index >= 15 is 0 Å². The van der Waals surface area contributed by atoms with E-state index in [0.29, 0.717) is 6.42 Å². The average molecular weight is 261 g/mol. The highest BCUT2D eigenvalue weighted by Gasteiger charge is 2.01. The predicted octanol–water partition coefficient (Wildman–Crippen LogP) is 2.34. The second-order valence-corrected chi connectivity index (χ2v) is 3.42. The van der Waals surface area contributed by atoms with Crippen LogP contribution in [0.15, 0.2) is 30.3 Å². The van der Waals surface area contributed by atoms with E-state index in [1.54, 1.807) is 0 Å². The van der Waals surface area contributed by atoms with Gasteiger partial charge in [0.15, 0.2) is 0 Å². The summed E-state index contributed by atoms with van der Waals surface area (Å²) in [5, 5.41) is -2.28. The molecule has 0 unspecified atom stereocenters. The van der Waals surface area contributed by atoms with E-state index in [4.69, 9.17) is 0 Å². The Morgan fingerprint density at radius 3 is 1.94 bits per heavy atom. The lowest BCUT2D eigenvalue weighted by Crippen LogP contribution is -1.94. The van der Waals surface area contributed by atoms with Gasteiger partial charge in [-0.05, 0) is 35.2 Å². The largest absolute Gasteiger partial charge is 0.304 e. The zero-order valence-electron chi connectivity index (χ0n) is 8.36. The first-order valence-electron chi connectivity index (χ1n) is 4.44. The molecule has 16 heavy (non-hydrogen) atoms. The Morgan fingerprint density at radius 1 is 1.06 bits per heavy atom. The summed E-state index contributed by atoms with van der Waals surface area (Å²) in [6.45, 7) is 0. The second kappa shape index (κ2) is 9.07. The predicted molar refractivity (Wildman–Crippen MR) is 62.5 cm³/mol. The fraction of sp³-hybridized carbons (Fsp3) is 0.182. The number of hydrogen-bond acceptors (Lipinski definition) is 3. The minimum atomic E-state index is -1.14. The van der Waals surface area contributed by atoms with Crippen LogP contribution in [0.1, 0.15) is 12.0 Å². The van der Waals surface area contributed by atoms with Gasteiger partial charge in [0, 0.05) is 6.42 Å². The van der Waals surface area contributed by atoms with Crippen molar-refractivity contribution in [2.24, 2.45) is 0 Å². The molecule has 0 N–H and O–H groups in total. The lowest BCUT2D eigenvalue weighted by Gasteiger charge is -1.93. The molecule has 0 spiro atoms. The smallest absolute Gasteiger partial charge is 0.303 e. The van der Waals surface area contributed by atoms with Gasteiger partial charge in [-0.25, -0.2) is 0 Å². The second-order valence-electron chi connectivity index (χ2n) is 2.74. The van der Waals surface area contributed by atoms with Crippen LogP contribution in [0.25, 0.3) is 0 Å². The molecule has 0 atom stereocenters. The Balaban J connectivity index is 0.000000325. The van der Waals surface area contributed by atoms with Crippen LogP contribution < -0.4 is 0 Å². The molecule has 5 heteroatoms. The highest BCUT2D eigenvalue weighted by molar-refractivity contribution is 6.97. The first kappa shape index (κ1) is 14.8. The minimum absolute atomic E-state index is 0.629. The van der Waals surface area contributed by atoms with Crippen LogP contribution >= 0.6 is 23.2 Å². The van der Waals surface area contributed by atoms with Crippen molar-refractivity contribution in [3.8, 4) is 0 Å². The SMILES string of the molecule is O=C(Cl)C(=O)Cl.O=CCCc1ccccc1. The average Bonchev–Trinajstić information content (AvgIpc) is 2.28. The number of benzene rings is 1. The quantitative estimate of drug-likeness (QED) is 0.475. The Bertz CT molecular complexity index is 338. The van der Waals surface area contributed by atoms with Crippen molar-refractivity contribution in [3.05, 3.63) is 35.9 Å². The van der Waals surface area contributed by atoms with Crippen molar-refractivity contribution in [2.75, 3.05) is 0 Å². The van der Waals surface area contributed by atoms with E-state index in [9.17, 15) is 14.4 Å². The fourth-order valence-corrected chi connectivity index (χ4v) is 0.870. The molecule has 3 nitrogen and oxygen atoms in total. The number of aryl methyl sites for hydroxylation is 1. The molecule has 0 aliphatic carbocycles. The van der Waals surface area contributed by atoms with Crippen molar-refractivity contribution in [1.82, 2.24) is 0 Å². The number of rotatable bonds is 4. The van der Waals surface area contributed by atoms with Crippen LogP contribution in [0.2, 0.25) is 0 Å². The van der Waals surface area contributed by atoms with Crippen LogP contribution in [0.5, 0.6) is 0 Å². The highest BCUT2D eigenvalue weighted by Crippen LogP contribution is 2.00. The molecule has 0 radical (unpaired) electrons. The molecule has 0 bridgehead atoms. The summed E-state index contributed by atoms with van der Waals surface area (Å²) in [7, 11) is 0. The van der Waals surface area contributed by atoms with E-state index in [1.807, 2.05) is 30.3 Å². The summed E-state index contributed by atoms with van der Waals surface area (Å²) in [5.74, 6) is 0. The maximum Gasteiger partial charge on any atom is 0.304 e. The maximum atomic E-state index is 9.98. The Morgan fingerprint density at radius 2 is 1.56 bits per heavy atom. The maximum absolute atomic E-state index is 9.98. The van der Waals surface area contributed by atoms with Gasteiger partial charge in [-0.15, -0.1) is 0 Å². The molecule has 0 aromatic heterocycles. The summed E-state index contributed by atoms with van der Waals surface area (Å²) in [6.07, 6.45) is 2.45. The number of carbonyl (C=O) groups excluding carboxylic acids is 3. The molecule has 0 amide bonds. The molecule has 0 aliphatic heterocycles. The molecular weight excluding hydrogens is 251 g/mol. The number of halogens is 2. The lowest BCUT2D eigenvalue weighted by atomic mass is 10.1. The fourth-order valence-electron chi connectivity index (χ4n) is 0.870. The van der Waals surface area contributed by atoms with Gasteiger partial charge in [0.1, 0.15) is 6.29 Å². The molecule has 1 aromatic carbocycles. The summed E-state index contributed by atoms with van der Waals surface area (Å²) >= 11 is 8.98. The van der Waals surface area contributed by atoms with Gasteiger partial charge in [-0.1, -0.05) is 30.3 Å². The van der Waals surface area contributed by atoms with Crippen LogP contribution in [0.4, 0.5) is 0 Å². The molecular formula is C11H10Cl2O3. The van der Waals surface area contributed by atoms with Crippen LogP contribution in [-0.2, 0) is 20.8 Å². The molecule has 0 heterocycles. The van der Waals surface area contributed by atoms with Crippen molar-refractivity contribution in [1.29, 1.82) is 0 Å². The van der Waals surface area contributed by atoms with Crippen molar-refractivity contribution in [2.45, 2.75) is 12.8 Å². The van der Waals surface area contributed by atoms with Crippen molar-refractivity contribution < 1.29 is 14.4 Å². The van der Waals surface area contributed by atoms with Gasteiger partial charge in [0.2, 0.25) is 0 Å². The summed E-state index contributed by atoms with van der Waals surface area (Å²) < 4.78 is 0. The van der Waals surface area contributed by atoms with E-state index in [1.165, 1.54) is 5.56 Å². The molecule has 0 fully saturated rings. The first-order valence-corrected chi connectivity index (χ1v) is 5.20. The number of carbonyl (C=O) groups is 3. The van der Waals surface area contributed by atoms with Gasteiger partial charge in [-0.3, -0.25) is 9.59 Å². The molecule has 86 valence electrons. The summed E-state index contributed by atoms with van der Waals surface area (Å²) in [6, 6.07) is 10.0. The van der Waals surface area contributed by atoms with E-state index in [-0.39, 0.29) is 0 Å². The van der Waals surface area contributed by atoms with Crippen molar-refractivity contribution >= 4 is 40.0 Å². The van der Waals surface area contributed by atoms with Gasteiger partial charge in [0.25, 0.3) is 0 Å². The van der Waals surface area contributed by atoms with E-state index in [2.05, 4.69) is 23.2 Å². The standard InChI is InChI=1S/C9H10O.C2Cl2O2/c10-8-4-7-9-5-2-1-3-6-9;3-1(5)2(4)6/h1-3,5-6,8H,4,7H2;.